The molecule has 1 heterocycles. The molecule has 3 rings (SSSR count). The number of esters is 1. The van der Waals surface area contributed by atoms with Crippen LogP contribution in [0, 0.1) is 6.92 Å². The number of amides is 1. The zero-order valence-corrected chi connectivity index (χ0v) is 17.6. The fourth-order valence-electron chi connectivity index (χ4n) is 3.61. The normalized spacial score (nSPS) is 18.6. The van der Waals surface area contributed by atoms with E-state index in [4.69, 9.17) is 14.2 Å². The molecule has 2 aromatic carbocycles. The number of rotatable bonds is 6. The number of nitrogens with zero attached hydrogens (tertiary/aromatic N) is 1. The van der Waals surface area contributed by atoms with Crippen molar-refractivity contribution in [1.82, 2.24) is 5.32 Å². The molecular weight excluding hydrogens is 384 g/mol. The van der Waals surface area contributed by atoms with Gasteiger partial charge in [-0.2, -0.15) is 0 Å². The van der Waals surface area contributed by atoms with Gasteiger partial charge in [-0.05, 0) is 36.6 Å². The predicted molar refractivity (Wildman–Crippen MR) is 114 cm³/mol. The molecular formula is C23H28N2O5. The standard InChI is InChI=1S/C23H28N2O5/c1-16-9-10-18(13-19(16)22(26)29-3)25-12-11-20(21(14-25)28-2)24-23(27)30-15-17-7-5-4-6-8-17/h4-10,13,20-21H,11-12,14-15H2,1-3H3,(H,24,27)/t20-,21+/m0/s1. The summed E-state index contributed by atoms with van der Waals surface area (Å²) in [5.41, 5.74) is 3.28. The van der Waals surface area contributed by atoms with Crippen molar-refractivity contribution in [2.24, 2.45) is 0 Å². The van der Waals surface area contributed by atoms with Gasteiger partial charge in [-0.15, -0.1) is 0 Å². The van der Waals surface area contributed by atoms with E-state index in [2.05, 4.69) is 10.2 Å². The molecule has 0 aromatic heterocycles. The largest absolute Gasteiger partial charge is 0.465 e. The molecule has 2 aromatic rings. The van der Waals surface area contributed by atoms with E-state index < -0.39 is 6.09 Å². The highest BCUT2D eigenvalue weighted by Gasteiger charge is 2.31. The zero-order valence-electron chi connectivity index (χ0n) is 17.6. The number of benzene rings is 2. The van der Waals surface area contributed by atoms with Crippen LogP contribution in [0.3, 0.4) is 0 Å². The number of hydrogen-bond acceptors (Lipinski definition) is 6. The van der Waals surface area contributed by atoms with Crippen LogP contribution < -0.4 is 10.2 Å². The van der Waals surface area contributed by atoms with E-state index in [9.17, 15) is 9.59 Å². The Balaban J connectivity index is 1.59. The fraction of sp³-hybridized carbons (Fsp3) is 0.391. The average molecular weight is 412 g/mol. The zero-order chi connectivity index (χ0) is 21.5. The summed E-state index contributed by atoms with van der Waals surface area (Å²) in [6, 6.07) is 15.1. The molecule has 0 saturated carbocycles. The number of hydrogen-bond donors (Lipinski definition) is 1. The molecule has 1 aliphatic rings. The topological polar surface area (TPSA) is 77.1 Å². The molecule has 2 atom stereocenters. The molecule has 7 nitrogen and oxygen atoms in total. The molecule has 1 fully saturated rings. The number of methoxy groups -OCH3 is 2. The van der Waals surface area contributed by atoms with Crippen molar-refractivity contribution < 1.29 is 23.8 Å². The van der Waals surface area contributed by atoms with E-state index in [0.29, 0.717) is 25.1 Å². The minimum atomic E-state index is -0.456. The van der Waals surface area contributed by atoms with E-state index in [1.807, 2.05) is 55.5 Å². The van der Waals surface area contributed by atoms with Crippen LogP contribution in [0.25, 0.3) is 0 Å². The van der Waals surface area contributed by atoms with Gasteiger partial charge in [0.2, 0.25) is 0 Å². The van der Waals surface area contributed by atoms with Crippen molar-refractivity contribution in [2.75, 3.05) is 32.2 Å². The Kier molecular flexibility index (Phi) is 7.30. The summed E-state index contributed by atoms with van der Waals surface area (Å²) in [7, 11) is 3.01. The van der Waals surface area contributed by atoms with Crippen LogP contribution in [-0.2, 0) is 20.8 Å². The summed E-state index contributed by atoms with van der Waals surface area (Å²) in [4.78, 5) is 26.4. The maximum atomic E-state index is 12.2. The van der Waals surface area contributed by atoms with Crippen molar-refractivity contribution in [3.05, 3.63) is 65.2 Å². The number of ether oxygens (including phenoxy) is 3. The summed E-state index contributed by atoms with van der Waals surface area (Å²) in [6.45, 7) is 3.41. The number of piperidine rings is 1. The van der Waals surface area contributed by atoms with Gasteiger partial charge in [-0.25, -0.2) is 9.59 Å². The van der Waals surface area contributed by atoms with E-state index in [0.717, 1.165) is 16.8 Å². The van der Waals surface area contributed by atoms with Crippen molar-refractivity contribution >= 4 is 17.7 Å². The van der Waals surface area contributed by atoms with Crippen LogP contribution in [0.4, 0.5) is 10.5 Å². The number of carbonyl (C=O) groups excluding carboxylic acids is 2. The third-order valence-corrected chi connectivity index (χ3v) is 5.37. The van der Waals surface area contributed by atoms with Crippen molar-refractivity contribution in [2.45, 2.75) is 32.1 Å². The summed E-state index contributed by atoms with van der Waals surface area (Å²) < 4.78 is 15.8. The Bertz CT molecular complexity index is 871. The first-order valence-corrected chi connectivity index (χ1v) is 9.95. The van der Waals surface area contributed by atoms with Gasteiger partial charge in [-0.3, -0.25) is 0 Å². The molecule has 1 aliphatic heterocycles. The third kappa shape index (κ3) is 5.30. The van der Waals surface area contributed by atoms with Gasteiger partial charge in [0.25, 0.3) is 0 Å². The number of anilines is 1. The lowest BCUT2D eigenvalue weighted by Gasteiger charge is -2.39. The smallest absolute Gasteiger partial charge is 0.407 e. The Labute approximate surface area is 176 Å². The number of carbonyl (C=O) groups is 2. The summed E-state index contributed by atoms with van der Waals surface area (Å²) in [5.74, 6) is -0.352. The van der Waals surface area contributed by atoms with Crippen molar-refractivity contribution in [1.29, 1.82) is 0 Å². The quantitative estimate of drug-likeness (QED) is 0.734. The van der Waals surface area contributed by atoms with E-state index in [1.165, 1.54) is 7.11 Å². The molecule has 0 unspecified atom stereocenters. The lowest BCUT2D eigenvalue weighted by molar-refractivity contribution is 0.0545. The highest BCUT2D eigenvalue weighted by atomic mass is 16.5. The van der Waals surface area contributed by atoms with Crippen LogP contribution in [0.1, 0.15) is 27.9 Å². The lowest BCUT2D eigenvalue weighted by atomic mass is 10.00. The Morgan fingerprint density at radius 3 is 2.60 bits per heavy atom. The molecule has 1 amide bonds. The maximum Gasteiger partial charge on any atom is 0.407 e. The van der Waals surface area contributed by atoms with Gasteiger partial charge in [0, 0.05) is 25.9 Å². The first-order chi connectivity index (χ1) is 14.5. The minimum absolute atomic E-state index is 0.153. The molecule has 160 valence electrons. The summed E-state index contributed by atoms with van der Waals surface area (Å²) >= 11 is 0. The Morgan fingerprint density at radius 2 is 1.90 bits per heavy atom. The van der Waals surface area contributed by atoms with Gasteiger partial charge >= 0.3 is 12.1 Å². The van der Waals surface area contributed by atoms with Gasteiger partial charge in [0.1, 0.15) is 6.61 Å². The van der Waals surface area contributed by atoms with Gasteiger partial charge in [-0.1, -0.05) is 36.4 Å². The first kappa shape index (κ1) is 21.6. The van der Waals surface area contributed by atoms with Crippen LogP contribution in [-0.4, -0.2) is 51.5 Å². The molecule has 0 aliphatic carbocycles. The van der Waals surface area contributed by atoms with Crippen molar-refractivity contribution in [3.63, 3.8) is 0 Å². The Morgan fingerprint density at radius 1 is 1.13 bits per heavy atom. The SMILES string of the molecule is COC(=O)c1cc(N2CC[C@H](NC(=O)OCc3ccccc3)[C@H](OC)C2)ccc1C. The monoisotopic (exact) mass is 412 g/mol. The third-order valence-electron chi connectivity index (χ3n) is 5.37. The van der Waals surface area contributed by atoms with Crippen LogP contribution in [0.15, 0.2) is 48.5 Å². The highest BCUT2D eigenvalue weighted by molar-refractivity contribution is 5.92. The molecule has 0 bridgehead atoms. The molecule has 1 saturated heterocycles. The second-order valence-electron chi connectivity index (χ2n) is 7.31. The summed E-state index contributed by atoms with van der Waals surface area (Å²) in [5, 5.41) is 2.92. The number of nitrogens with one attached hydrogen (secondary N) is 1. The second-order valence-corrected chi connectivity index (χ2v) is 7.31. The molecule has 30 heavy (non-hydrogen) atoms. The van der Waals surface area contributed by atoms with Gasteiger partial charge in [0.15, 0.2) is 0 Å². The molecule has 7 heteroatoms. The second kappa shape index (κ2) is 10.1. The first-order valence-electron chi connectivity index (χ1n) is 9.95. The van der Waals surface area contributed by atoms with Crippen LogP contribution >= 0.6 is 0 Å². The van der Waals surface area contributed by atoms with E-state index in [1.54, 1.807) is 7.11 Å². The molecule has 0 radical (unpaired) electrons. The van der Waals surface area contributed by atoms with E-state index in [-0.39, 0.29) is 24.7 Å². The van der Waals surface area contributed by atoms with Crippen molar-refractivity contribution in [3.8, 4) is 0 Å². The number of alkyl carbamates (subject to hydrolysis) is 1. The van der Waals surface area contributed by atoms with Gasteiger partial charge in [0.05, 0.1) is 24.8 Å². The molecule has 0 spiro atoms. The highest BCUT2D eigenvalue weighted by Crippen LogP contribution is 2.25. The minimum Gasteiger partial charge on any atom is -0.465 e. The number of aryl methyl sites for hydroxylation is 1. The molecule has 1 N–H and O–H groups in total. The summed E-state index contributed by atoms with van der Waals surface area (Å²) in [6.07, 6.45) is 0.0361. The van der Waals surface area contributed by atoms with Gasteiger partial charge < -0.3 is 24.4 Å². The maximum absolute atomic E-state index is 12.2. The fourth-order valence-corrected chi connectivity index (χ4v) is 3.61. The average Bonchev–Trinajstić information content (AvgIpc) is 2.78. The van der Waals surface area contributed by atoms with Crippen LogP contribution in [0.2, 0.25) is 0 Å². The van der Waals surface area contributed by atoms with Crippen LogP contribution in [0.5, 0.6) is 0 Å². The predicted octanol–water partition coefficient (Wildman–Crippen LogP) is 3.30. The lowest BCUT2D eigenvalue weighted by Crippen LogP contribution is -2.55. The Hall–Kier alpha value is -3.06. The van der Waals surface area contributed by atoms with E-state index >= 15 is 0 Å².